The van der Waals surface area contributed by atoms with Crippen molar-refractivity contribution in [2.75, 3.05) is 0 Å². The minimum atomic E-state index is -1.42. The zero-order valence-corrected chi connectivity index (χ0v) is 13.6. The molecule has 0 saturated carbocycles. The van der Waals surface area contributed by atoms with Gasteiger partial charge in [-0.15, -0.1) is 0 Å². The smallest absolute Gasteiger partial charge is 0.543 e. The largest absolute Gasteiger partial charge is 1.00 e. The number of nitrogens with one attached hydrogen (secondary N) is 1. The van der Waals surface area contributed by atoms with Gasteiger partial charge in [0.2, 0.25) is 5.95 Å². The summed E-state index contributed by atoms with van der Waals surface area (Å²) in [7, 11) is 0. The van der Waals surface area contributed by atoms with Crippen molar-refractivity contribution in [1.82, 2.24) is 14.5 Å². The van der Waals surface area contributed by atoms with Crippen molar-refractivity contribution in [1.29, 1.82) is 0 Å². The van der Waals surface area contributed by atoms with Crippen molar-refractivity contribution in [3.05, 3.63) is 58.0 Å². The van der Waals surface area contributed by atoms with E-state index in [1.165, 1.54) is 23.8 Å². The number of nitrogens with zero attached hydrogens (tertiary/aromatic N) is 2. The van der Waals surface area contributed by atoms with Crippen LogP contribution < -0.4 is 40.1 Å². The molecule has 1 N–H and O–H groups in total. The van der Waals surface area contributed by atoms with Gasteiger partial charge in [0, 0.05) is 17.8 Å². The summed E-state index contributed by atoms with van der Waals surface area (Å²) in [5.41, 5.74) is 1.06. The molecule has 6 nitrogen and oxygen atoms in total. The first-order chi connectivity index (χ1) is 9.58. The number of carbonyl (C=O) groups is 1. The molecule has 0 aliphatic heterocycles. The summed E-state index contributed by atoms with van der Waals surface area (Å²) in [6, 6.07) is 8.63. The third-order valence-electron chi connectivity index (χ3n) is 3.14. The van der Waals surface area contributed by atoms with Crippen molar-refractivity contribution in [3.63, 3.8) is 0 Å². The first-order valence-electron chi connectivity index (χ1n) is 5.96. The fraction of sp³-hybridized carbons (Fsp3) is 0.0714. The number of rotatable bonds is 2. The van der Waals surface area contributed by atoms with Crippen LogP contribution in [0, 0.1) is 6.92 Å². The van der Waals surface area contributed by atoms with Gasteiger partial charge in [0.25, 0.3) is 0 Å². The molecule has 0 atom stereocenters. The number of benzene rings is 1. The predicted octanol–water partition coefficient (Wildman–Crippen LogP) is -2.61. The number of para-hydroxylation sites is 2. The number of imidazole rings is 1. The first-order valence-corrected chi connectivity index (χ1v) is 5.96. The Kier molecular flexibility index (Phi) is 4.32. The summed E-state index contributed by atoms with van der Waals surface area (Å²) in [5.74, 6) is -1.09. The molecule has 2 aromatic heterocycles. The molecule has 0 radical (unpaired) electrons. The minimum Gasteiger partial charge on any atom is -0.543 e. The van der Waals surface area contributed by atoms with Crippen LogP contribution in [0.4, 0.5) is 0 Å². The Bertz CT molecular complexity index is 850. The Hall–Kier alpha value is -1.89. The average Bonchev–Trinajstić information content (AvgIpc) is 2.84. The summed E-state index contributed by atoms with van der Waals surface area (Å²) in [4.78, 5) is 30.2. The zero-order chi connectivity index (χ0) is 14.3. The Labute approximate surface area is 141 Å². The van der Waals surface area contributed by atoms with Crippen LogP contribution in [0.15, 0.2) is 41.3 Å². The Balaban J connectivity index is 0.00000161. The van der Waals surface area contributed by atoms with E-state index < -0.39 is 5.97 Å². The van der Waals surface area contributed by atoms with Crippen LogP contribution in [0.25, 0.3) is 17.0 Å². The number of carboxylic acid groups (broad SMARTS) is 1. The van der Waals surface area contributed by atoms with E-state index in [0.717, 1.165) is 5.52 Å². The summed E-state index contributed by atoms with van der Waals surface area (Å²) in [6.45, 7) is 1.45. The van der Waals surface area contributed by atoms with E-state index in [-0.39, 0.29) is 46.2 Å². The Morgan fingerprint density at radius 3 is 2.67 bits per heavy atom. The number of aromatic nitrogens is 3. The second-order valence-electron chi connectivity index (χ2n) is 4.39. The van der Waals surface area contributed by atoms with Crippen LogP contribution in [-0.4, -0.2) is 20.5 Å². The van der Waals surface area contributed by atoms with Crippen LogP contribution >= 0.6 is 0 Å². The fourth-order valence-corrected chi connectivity index (χ4v) is 2.12. The van der Waals surface area contributed by atoms with Crippen molar-refractivity contribution in [3.8, 4) is 5.95 Å². The van der Waals surface area contributed by atoms with Crippen LogP contribution in [0.1, 0.15) is 16.1 Å². The van der Waals surface area contributed by atoms with Crippen LogP contribution in [0.3, 0.4) is 0 Å². The van der Waals surface area contributed by atoms with E-state index >= 15 is 0 Å². The van der Waals surface area contributed by atoms with E-state index in [2.05, 4.69) is 9.97 Å². The number of aromatic amines is 1. The zero-order valence-electron chi connectivity index (χ0n) is 11.6. The molecular formula is C14H10N3NaO3. The average molecular weight is 291 g/mol. The maximum Gasteiger partial charge on any atom is 1.00 e. The van der Waals surface area contributed by atoms with E-state index in [0.29, 0.717) is 11.5 Å². The van der Waals surface area contributed by atoms with Crippen LogP contribution in [0.2, 0.25) is 0 Å². The van der Waals surface area contributed by atoms with Crippen LogP contribution in [-0.2, 0) is 0 Å². The minimum absolute atomic E-state index is 0. The number of hydrogen-bond donors (Lipinski definition) is 1. The second-order valence-corrected chi connectivity index (χ2v) is 4.39. The van der Waals surface area contributed by atoms with Gasteiger partial charge in [-0.1, -0.05) is 12.1 Å². The molecule has 0 saturated heterocycles. The van der Waals surface area contributed by atoms with Gasteiger partial charge in [-0.3, -0.25) is 9.36 Å². The van der Waals surface area contributed by atoms with Crippen molar-refractivity contribution < 1.29 is 39.5 Å². The van der Waals surface area contributed by atoms with Gasteiger partial charge in [-0.05, 0) is 19.1 Å². The maximum atomic E-state index is 11.6. The van der Waals surface area contributed by atoms with Gasteiger partial charge in [0.15, 0.2) is 5.43 Å². The first kappa shape index (κ1) is 15.5. The molecule has 0 fully saturated rings. The van der Waals surface area contributed by atoms with Crippen molar-refractivity contribution >= 4 is 17.0 Å². The van der Waals surface area contributed by atoms with Gasteiger partial charge in [-0.25, -0.2) is 4.98 Å². The molecule has 0 amide bonds. The van der Waals surface area contributed by atoms with Gasteiger partial charge in [0.1, 0.15) is 0 Å². The number of carbonyl (C=O) groups excluding carboxylic acids is 1. The SMILES string of the molecule is Cc1c(C(=O)[O-])n(-c2nc3ccccc3[nH]2)ccc1=O.[Na+]. The van der Waals surface area contributed by atoms with E-state index in [1.54, 1.807) is 0 Å². The third kappa shape index (κ3) is 2.65. The molecule has 7 heteroatoms. The molecule has 21 heavy (non-hydrogen) atoms. The third-order valence-corrected chi connectivity index (χ3v) is 3.14. The Morgan fingerprint density at radius 1 is 1.29 bits per heavy atom. The summed E-state index contributed by atoms with van der Waals surface area (Å²) in [6.07, 6.45) is 1.37. The normalized spacial score (nSPS) is 10.3. The molecule has 0 spiro atoms. The monoisotopic (exact) mass is 291 g/mol. The summed E-state index contributed by atoms with van der Waals surface area (Å²) < 4.78 is 1.31. The molecule has 0 unspecified atom stereocenters. The van der Waals surface area contributed by atoms with E-state index in [1.807, 2.05) is 24.3 Å². The summed E-state index contributed by atoms with van der Waals surface area (Å²) in [5, 5.41) is 11.3. The van der Waals surface area contributed by atoms with Crippen LogP contribution in [0.5, 0.6) is 0 Å². The molecule has 0 aliphatic rings. The Morgan fingerprint density at radius 2 is 2.00 bits per heavy atom. The molecule has 0 bridgehead atoms. The number of carboxylic acids is 1. The van der Waals surface area contributed by atoms with Gasteiger partial charge < -0.3 is 14.9 Å². The molecule has 3 aromatic rings. The molecular weight excluding hydrogens is 281 g/mol. The van der Waals surface area contributed by atoms with Crippen molar-refractivity contribution in [2.24, 2.45) is 0 Å². The number of pyridine rings is 1. The molecule has 100 valence electrons. The number of H-pyrrole nitrogens is 1. The standard InChI is InChI=1S/C14H11N3O3.Na/c1-8-11(18)6-7-17(12(8)13(19)20)14-15-9-4-2-3-5-10(9)16-14;/h2-7H,1H3,(H,15,16)(H,19,20);/q;+1/p-1. The van der Waals surface area contributed by atoms with Gasteiger partial charge in [-0.2, -0.15) is 0 Å². The summed E-state index contributed by atoms with van der Waals surface area (Å²) >= 11 is 0. The molecule has 3 rings (SSSR count). The molecule has 2 heterocycles. The van der Waals surface area contributed by atoms with E-state index in [4.69, 9.17) is 0 Å². The topological polar surface area (TPSA) is 90.8 Å². The predicted molar refractivity (Wildman–Crippen MR) is 70.8 cm³/mol. The van der Waals surface area contributed by atoms with E-state index in [9.17, 15) is 14.7 Å². The van der Waals surface area contributed by atoms with Crippen molar-refractivity contribution in [2.45, 2.75) is 6.92 Å². The number of fused-ring (bicyclic) bond motifs is 1. The second kappa shape index (κ2) is 5.85. The number of aromatic carboxylic acids is 1. The fourth-order valence-electron chi connectivity index (χ4n) is 2.12. The van der Waals surface area contributed by atoms with Gasteiger partial charge >= 0.3 is 29.6 Å². The molecule has 1 aromatic carbocycles. The maximum absolute atomic E-state index is 11.6. The van der Waals surface area contributed by atoms with Gasteiger partial charge in [0.05, 0.1) is 22.7 Å². The molecule has 0 aliphatic carbocycles. The number of hydrogen-bond acceptors (Lipinski definition) is 4. The quantitative estimate of drug-likeness (QED) is 0.524.